The summed E-state index contributed by atoms with van der Waals surface area (Å²) in [5.41, 5.74) is 5.68. The third-order valence-corrected chi connectivity index (χ3v) is 2.40. The van der Waals surface area contributed by atoms with Gasteiger partial charge >= 0.3 is 0 Å². The number of hydrogen-bond acceptors (Lipinski definition) is 4. The van der Waals surface area contributed by atoms with Gasteiger partial charge in [0.05, 0.1) is 12.1 Å². The first-order valence-electron chi connectivity index (χ1n) is 4.78. The Morgan fingerprint density at radius 3 is 2.93 bits per heavy atom. The molecule has 1 heterocycles. The summed E-state index contributed by atoms with van der Waals surface area (Å²) in [6, 6.07) is 0. The monoisotopic (exact) mass is 198 g/mol. The second-order valence-corrected chi connectivity index (χ2v) is 3.61. The molecule has 80 valence electrons. The van der Waals surface area contributed by atoms with Crippen molar-refractivity contribution in [2.45, 2.75) is 32.4 Å². The van der Waals surface area contributed by atoms with Crippen molar-refractivity contribution < 1.29 is 4.74 Å². The molecule has 0 amide bonds. The summed E-state index contributed by atoms with van der Waals surface area (Å²) in [6.45, 7) is 5.38. The zero-order chi connectivity index (χ0) is 10.6. The number of rotatable bonds is 5. The number of hydrogen-bond donors (Lipinski definition) is 1. The van der Waals surface area contributed by atoms with E-state index >= 15 is 0 Å². The molecule has 0 aliphatic heterocycles. The topological polar surface area (TPSA) is 66.0 Å². The van der Waals surface area contributed by atoms with Gasteiger partial charge in [-0.05, 0) is 13.3 Å². The first-order valence-corrected chi connectivity index (χ1v) is 4.78. The van der Waals surface area contributed by atoms with Crippen LogP contribution in [-0.4, -0.2) is 28.5 Å². The molecule has 1 unspecified atom stereocenters. The zero-order valence-electron chi connectivity index (χ0n) is 9.03. The lowest BCUT2D eigenvalue weighted by Gasteiger charge is -2.22. The molecular weight excluding hydrogens is 180 g/mol. The van der Waals surface area contributed by atoms with Gasteiger partial charge < -0.3 is 15.0 Å². The highest BCUT2D eigenvalue weighted by atomic mass is 16.5. The largest absolute Gasteiger partial charge is 0.383 e. The summed E-state index contributed by atoms with van der Waals surface area (Å²) in [4.78, 5) is 0. The fraction of sp³-hybridized carbons (Fsp3) is 0.778. The third kappa shape index (κ3) is 2.30. The van der Waals surface area contributed by atoms with Gasteiger partial charge in [0.1, 0.15) is 6.33 Å². The van der Waals surface area contributed by atoms with E-state index in [2.05, 4.69) is 10.2 Å². The molecule has 0 saturated heterocycles. The number of nitrogens with two attached hydrogens (primary N) is 1. The lowest BCUT2D eigenvalue weighted by atomic mass is 10.00. The van der Waals surface area contributed by atoms with Crippen LogP contribution < -0.4 is 5.73 Å². The molecule has 0 spiro atoms. The van der Waals surface area contributed by atoms with Gasteiger partial charge in [-0.25, -0.2) is 0 Å². The van der Waals surface area contributed by atoms with E-state index in [-0.39, 0.29) is 0 Å². The SMILES string of the molecule is CCC(C)(N)c1nncn1CCOC. The maximum absolute atomic E-state index is 6.09. The summed E-state index contributed by atoms with van der Waals surface area (Å²) in [5.74, 6) is 0.817. The van der Waals surface area contributed by atoms with Gasteiger partial charge in [0.2, 0.25) is 0 Å². The lowest BCUT2D eigenvalue weighted by molar-refractivity contribution is 0.184. The van der Waals surface area contributed by atoms with Gasteiger partial charge in [-0.3, -0.25) is 0 Å². The Labute approximate surface area is 84.3 Å². The van der Waals surface area contributed by atoms with Crippen molar-refractivity contribution in [1.29, 1.82) is 0 Å². The van der Waals surface area contributed by atoms with Gasteiger partial charge in [0, 0.05) is 13.7 Å². The molecule has 0 saturated carbocycles. The molecule has 0 aromatic carbocycles. The number of ether oxygens (including phenoxy) is 1. The molecule has 0 aliphatic carbocycles. The molecule has 1 aromatic heterocycles. The first kappa shape index (κ1) is 11.1. The molecule has 1 aromatic rings. The predicted molar refractivity (Wildman–Crippen MR) is 53.7 cm³/mol. The molecule has 14 heavy (non-hydrogen) atoms. The van der Waals surface area contributed by atoms with Crippen molar-refractivity contribution in [3.8, 4) is 0 Å². The van der Waals surface area contributed by atoms with Crippen LogP contribution in [0.2, 0.25) is 0 Å². The first-order chi connectivity index (χ1) is 6.61. The van der Waals surface area contributed by atoms with Crippen molar-refractivity contribution in [3.63, 3.8) is 0 Å². The fourth-order valence-corrected chi connectivity index (χ4v) is 1.21. The van der Waals surface area contributed by atoms with Crippen LogP contribution in [0.4, 0.5) is 0 Å². The molecule has 1 rings (SSSR count). The average Bonchev–Trinajstić information content (AvgIpc) is 2.63. The zero-order valence-corrected chi connectivity index (χ0v) is 9.03. The number of nitrogens with zero attached hydrogens (tertiary/aromatic N) is 3. The van der Waals surface area contributed by atoms with Crippen LogP contribution in [0.1, 0.15) is 26.1 Å². The van der Waals surface area contributed by atoms with Crippen LogP contribution in [0.25, 0.3) is 0 Å². The van der Waals surface area contributed by atoms with Gasteiger partial charge in [0.25, 0.3) is 0 Å². The molecule has 0 radical (unpaired) electrons. The van der Waals surface area contributed by atoms with E-state index in [9.17, 15) is 0 Å². The van der Waals surface area contributed by atoms with Crippen LogP contribution in [-0.2, 0) is 16.8 Å². The summed E-state index contributed by atoms with van der Waals surface area (Å²) < 4.78 is 6.94. The van der Waals surface area contributed by atoms with Crippen LogP contribution >= 0.6 is 0 Å². The van der Waals surface area contributed by atoms with Crippen LogP contribution in [0.5, 0.6) is 0 Å². The molecular formula is C9H18N4O. The number of methoxy groups -OCH3 is 1. The van der Waals surface area contributed by atoms with Gasteiger partial charge in [-0.2, -0.15) is 0 Å². The predicted octanol–water partition coefficient (Wildman–Crippen LogP) is 0.508. The quantitative estimate of drug-likeness (QED) is 0.748. The van der Waals surface area contributed by atoms with E-state index in [0.717, 1.165) is 18.8 Å². The molecule has 5 nitrogen and oxygen atoms in total. The Kier molecular flexibility index (Phi) is 3.60. The van der Waals surface area contributed by atoms with Gasteiger partial charge in [-0.15, -0.1) is 10.2 Å². The highest BCUT2D eigenvalue weighted by Gasteiger charge is 2.24. The fourth-order valence-electron chi connectivity index (χ4n) is 1.21. The molecule has 0 aliphatic rings. The van der Waals surface area contributed by atoms with E-state index in [4.69, 9.17) is 10.5 Å². The Morgan fingerprint density at radius 2 is 2.36 bits per heavy atom. The molecule has 0 fully saturated rings. The Bertz CT molecular complexity index is 282. The minimum atomic E-state index is -0.412. The molecule has 0 bridgehead atoms. The smallest absolute Gasteiger partial charge is 0.152 e. The van der Waals surface area contributed by atoms with Gasteiger partial charge in [0.15, 0.2) is 5.82 Å². The molecule has 5 heteroatoms. The average molecular weight is 198 g/mol. The van der Waals surface area contributed by atoms with E-state index in [1.807, 2.05) is 18.4 Å². The second kappa shape index (κ2) is 4.52. The molecule has 2 N–H and O–H groups in total. The Balaban J connectivity index is 2.81. The maximum atomic E-state index is 6.09. The van der Waals surface area contributed by atoms with Crippen molar-refractivity contribution >= 4 is 0 Å². The number of aromatic nitrogens is 3. The van der Waals surface area contributed by atoms with E-state index in [1.165, 1.54) is 0 Å². The van der Waals surface area contributed by atoms with Crippen molar-refractivity contribution in [3.05, 3.63) is 12.2 Å². The molecule has 1 atom stereocenters. The van der Waals surface area contributed by atoms with E-state index < -0.39 is 5.54 Å². The van der Waals surface area contributed by atoms with Crippen molar-refractivity contribution in [2.75, 3.05) is 13.7 Å². The van der Waals surface area contributed by atoms with Crippen LogP contribution in [0.15, 0.2) is 6.33 Å². The maximum Gasteiger partial charge on any atom is 0.152 e. The second-order valence-electron chi connectivity index (χ2n) is 3.61. The van der Waals surface area contributed by atoms with Gasteiger partial charge in [-0.1, -0.05) is 6.92 Å². The van der Waals surface area contributed by atoms with Crippen LogP contribution in [0.3, 0.4) is 0 Å². The summed E-state index contributed by atoms with van der Waals surface area (Å²) >= 11 is 0. The standard InChI is InChI=1S/C9H18N4O/c1-4-9(2,10)8-12-11-7-13(8)5-6-14-3/h7H,4-6,10H2,1-3H3. The lowest BCUT2D eigenvalue weighted by Crippen LogP contribution is -2.35. The highest BCUT2D eigenvalue weighted by molar-refractivity contribution is 5.02. The minimum absolute atomic E-state index is 0.412. The third-order valence-electron chi connectivity index (χ3n) is 2.40. The van der Waals surface area contributed by atoms with E-state index in [1.54, 1.807) is 13.4 Å². The summed E-state index contributed by atoms with van der Waals surface area (Å²) in [5, 5.41) is 7.91. The normalized spacial score (nSPS) is 15.4. The Hall–Kier alpha value is -0.940. The van der Waals surface area contributed by atoms with E-state index in [0.29, 0.717) is 6.61 Å². The van der Waals surface area contributed by atoms with Crippen molar-refractivity contribution in [1.82, 2.24) is 14.8 Å². The van der Waals surface area contributed by atoms with Crippen LogP contribution in [0, 0.1) is 0 Å². The van der Waals surface area contributed by atoms with Crippen molar-refractivity contribution in [2.24, 2.45) is 5.73 Å². The summed E-state index contributed by atoms with van der Waals surface area (Å²) in [7, 11) is 1.67. The Morgan fingerprint density at radius 1 is 1.64 bits per heavy atom. The minimum Gasteiger partial charge on any atom is -0.383 e. The highest BCUT2D eigenvalue weighted by Crippen LogP contribution is 2.18. The summed E-state index contributed by atoms with van der Waals surface area (Å²) in [6.07, 6.45) is 2.52.